The van der Waals surface area contributed by atoms with E-state index in [1.165, 1.54) is 4.88 Å². The summed E-state index contributed by atoms with van der Waals surface area (Å²) in [5, 5.41) is 5.55. The first-order valence-electron chi connectivity index (χ1n) is 8.59. The van der Waals surface area contributed by atoms with E-state index in [1.54, 1.807) is 11.3 Å². The van der Waals surface area contributed by atoms with E-state index in [1.807, 2.05) is 19.2 Å². The number of rotatable bonds is 5. The first kappa shape index (κ1) is 20.8. The zero-order chi connectivity index (χ0) is 17.5. The summed E-state index contributed by atoms with van der Waals surface area (Å²) in [7, 11) is 3.88. The summed E-state index contributed by atoms with van der Waals surface area (Å²) in [5.74, 6) is 2.56. The number of hydrogen-bond acceptors (Lipinski definition) is 4. The Morgan fingerprint density at radius 1 is 1.23 bits per heavy atom. The topological polar surface area (TPSA) is 46.1 Å². The third kappa shape index (κ3) is 5.51. The van der Waals surface area contributed by atoms with E-state index in [4.69, 9.17) is 9.47 Å². The largest absolute Gasteiger partial charge is 0.490 e. The van der Waals surface area contributed by atoms with Crippen LogP contribution in [0.4, 0.5) is 0 Å². The van der Waals surface area contributed by atoms with Gasteiger partial charge in [0, 0.05) is 44.0 Å². The van der Waals surface area contributed by atoms with Crippen molar-refractivity contribution < 1.29 is 9.47 Å². The van der Waals surface area contributed by atoms with Crippen LogP contribution in [-0.4, -0.2) is 44.7 Å². The number of nitrogens with one attached hydrogen (secondary N) is 1. The first-order valence-corrected chi connectivity index (χ1v) is 9.47. The molecule has 0 radical (unpaired) electrons. The molecule has 0 aliphatic carbocycles. The quantitative estimate of drug-likeness (QED) is 0.396. The summed E-state index contributed by atoms with van der Waals surface area (Å²) in [6, 6.07) is 10.3. The third-order valence-corrected chi connectivity index (χ3v) is 5.07. The number of aliphatic imine (C=N–C) groups is 1. The molecule has 0 saturated heterocycles. The third-order valence-electron chi connectivity index (χ3n) is 4.14. The molecule has 0 spiro atoms. The molecular weight excluding hydrogens is 461 g/mol. The molecule has 3 rings (SSSR count). The highest BCUT2D eigenvalue weighted by Crippen LogP contribution is 2.33. The van der Waals surface area contributed by atoms with Crippen LogP contribution in [0.5, 0.6) is 11.5 Å². The summed E-state index contributed by atoms with van der Waals surface area (Å²) in [6.07, 6.45) is 1.93. The summed E-state index contributed by atoms with van der Waals surface area (Å²) in [6.45, 7) is 2.98. The van der Waals surface area contributed by atoms with Crippen molar-refractivity contribution >= 4 is 41.3 Å². The molecular formula is C19H26IN3O2S. The van der Waals surface area contributed by atoms with E-state index >= 15 is 0 Å². The molecule has 0 unspecified atom stereocenters. The molecule has 2 aromatic rings. The van der Waals surface area contributed by atoms with Gasteiger partial charge in [-0.1, -0.05) is 18.2 Å². The van der Waals surface area contributed by atoms with Crippen LogP contribution in [-0.2, 0) is 13.0 Å². The molecule has 0 atom stereocenters. The van der Waals surface area contributed by atoms with Gasteiger partial charge in [0.2, 0.25) is 0 Å². The van der Waals surface area contributed by atoms with Crippen molar-refractivity contribution in [2.24, 2.45) is 4.99 Å². The van der Waals surface area contributed by atoms with Crippen LogP contribution >= 0.6 is 35.3 Å². The van der Waals surface area contributed by atoms with Crippen LogP contribution in [0.2, 0.25) is 0 Å². The highest BCUT2D eigenvalue weighted by Gasteiger charge is 2.15. The van der Waals surface area contributed by atoms with Gasteiger partial charge in [-0.3, -0.25) is 4.99 Å². The van der Waals surface area contributed by atoms with Crippen LogP contribution in [0.15, 0.2) is 40.7 Å². The van der Waals surface area contributed by atoms with E-state index in [-0.39, 0.29) is 24.0 Å². The molecule has 1 aromatic heterocycles. The number of thiophene rings is 1. The number of fused-ring (bicyclic) bond motifs is 1. The molecule has 1 N–H and O–H groups in total. The summed E-state index contributed by atoms with van der Waals surface area (Å²) >= 11 is 1.79. The molecule has 2 heterocycles. The zero-order valence-electron chi connectivity index (χ0n) is 15.2. The maximum absolute atomic E-state index is 5.89. The molecule has 0 saturated carbocycles. The minimum absolute atomic E-state index is 0. The summed E-state index contributed by atoms with van der Waals surface area (Å²) in [4.78, 5) is 7.94. The van der Waals surface area contributed by atoms with Crippen molar-refractivity contribution in [2.45, 2.75) is 19.4 Å². The lowest BCUT2D eigenvalue weighted by molar-refractivity contribution is 0.296. The maximum atomic E-state index is 5.89. The van der Waals surface area contributed by atoms with Gasteiger partial charge >= 0.3 is 0 Å². The average Bonchev–Trinajstić information content (AvgIpc) is 3.03. The molecule has 26 heavy (non-hydrogen) atoms. The molecule has 1 aromatic carbocycles. The minimum atomic E-state index is 0. The normalized spacial score (nSPS) is 13.5. The lowest BCUT2D eigenvalue weighted by Crippen LogP contribution is -2.39. The molecule has 0 amide bonds. The van der Waals surface area contributed by atoms with Crippen LogP contribution in [0, 0.1) is 0 Å². The Morgan fingerprint density at radius 2 is 2.08 bits per heavy atom. The lowest BCUT2D eigenvalue weighted by atomic mass is 10.2. The van der Waals surface area contributed by atoms with Crippen molar-refractivity contribution in [3.8, 4) is 11.5 Å². The number of para-hydroxylation sites is 1. The van der Waals surface area contributed by atoms with E-state index in [9.17, 15) is 0 Å². The maximum Gasteiger partial charge on any atom is 0.193 e. The summed E-state index contributed by atoms with van der Waals surface area (Å²) < 4.78 is 11.6. The molecule has 1 aliphatic rings. The van der Waals surface area contributed by atoms with Gasteiger partial charge in [-0.2, -0.15) is 0 Å². The molecule has 142 valence electrons. The number of guanidine groups is 1. The first-order chi connectivity index (χ1) is 12.3. The van der Waals surface area contributed by atoms with E-state index in [2.05, 4.69) is 45.8 Å². The Morgan fingerprint density at radius 3 is 2.85 bits per heavy atom. The predicted octanol–water partition coefficient (Wildman–Crippen LogP) is 3.78. The van der Waals surface area contributed by atoms with Crippen molar-refractivity contribution in [1.82, 2.24) is 10.2 Å². The lowest BCUT2D eigenvalue weighted by Gasteiger charge is -2.22. The monoisotopic (exact) mass is 487 g/mol. The smallest absolute Gasteiger partial charge is 0.193 e. The van der Waals surface area contributed by atoms with E-state index in [0.29, 0.717) is 19.8 Å². The number of ether oxygens (including phenoxy) is 2. The van der Waals surface area contributed by atoms with Crippen LogP contribution < -0.4 is 14.8 Å². The Labute approximate surface area is 176 Å². The zero-order valence-corrected chi connectivity index (χ0v) is 18.4. The minimum Gasteiger partial charge on any atom is -0.490 e. The second-order valence-corrected chi connectivity index (χ2v) is 6.98. The average molecular weight is 487 g/mol. The fourth-order valence-corrected chi connectivity index (χ4v) is 3.49. The standard InChI is InChI=1S/C19H25N3O2S.HI/c1-20-19(22(2)10-9-16-7-4-13-25-16)21-14-15-6-3-8-17-18(15)24-12-5-11-23-17;/h3-4,6-8,13H,5,9-12,14H2,1-2H3,(H,20,21);1H. The number of halogens is 1. The molecule has 0 fully saturated rings. The van der Waals surface area contributed by atoms with E-state index < -0.39 is 0 Å². The Hall–Kier alpha value is -1.48. The van der Waals surface area contributed by atoms with Gasteiger partial charge < -0.3 is 19.7 Å². The Balaban J connectivity index is 0.00000243. The number of likely N-dealkylation sites (N-methyl/N-ethyl adjacent to an activating group) is 1. The van der Waals surface area contributed by atoms with Crippen molar-refractivity contribution in [2.75, 3.05) is 33.9 Å². The van der Waals surface area contributed by atoms with Gasteiger partial charge in [0.25, 0.3) is 0 Å². The molecule has 1 aliphatic heterocycles. The van der Waals surface area contributed by atoms with Crippen molar-refractivity contribution in [3.05, 3.63) is 46.2 Å². The SMILES string of the molecule is CN=C(NCc1cccc2c1OCCCO2)N(C)CCc1cccs1.I. The van der Waals surface area contributed by atoms with Crippen molar-refractivity contribution in [3.63, 3.8) is 0 Å². The number of nitrogens with zero attached hydrogens (tertiary/aromatic N) is 2. The van der Waals surface area contributed by atoms with E-state index in [0.717, 1.165) is 42.4 Å². The fraction of sp³-hybridized carbons (Fsp3) is 0.421. The number of benzene rings is 1. The summed E-state index contributed by atoms with van der Waals surface area (Å²) in [5.41, 5.74) is 1.09. The molecule has 5 nitrogen and oxygen atoms in total. The van der Waals surface area contributed by atoms with Gasteiger partial charge in [0.1, 0.15) is 0 Å². The molecule has 0 bridgehead atoms. The highest BCUT2D eigenvalue weighted by atomic mass is 127. The Kier molecular flexibility index (Phi) is 8.50. The van der Waals surface area contributed by atoms with Crippen LogP contribution in [0.3, 0.4) is 0 Å². The Bertz CT molecular complexity index is 707. The number of hydrogen-bond donors (Lipinski definition) is 1. The second-order valence-electron chi connectivity index (χ2n) is 5.95. The second kappa shape index (κ2) is 10.6. The highest BCUT2D eigenvalue weighted by molar-refractivity contribution is 14.0. The van der Waals surface area contributed by atoms with Gasteiger partial charge in [0.15, 0.2) is 17.5 Å². The van der Waals surface area contributed by atoms with Gasteiger partial charge in [-0.25, -0.2) is 0 Å². The van der Waals surface area contributed by atoms with Crippen LogP contribution in [0.25, 0.3) is 0 Å². The van der Waals surface area contributed by atoms with Crippen molar-refractivity contribution in [1.29, 1.82) is 0 Å². The van der Waals surface area contributed by atoms with Gasteiger partial charge in [0.05, 0.1) is 13.2 Å². The van der Waals surface area contributed by atoms with Crippen LogP contribution in [0.1, 0.15) is 16.9 Å². The molecule has 7 heteroatoms. The fourth-order valence-electron chi connectivity index (χ4n) is 2.79. The van der Waals surface area contributed by atoms with Gasteiger partial charge in [-0.15, -0.1) is 35.3 Å². The van der Waals surface area contributed by atoms with Gasteiger partial charge in [-0.05, 0) is 23.9 Å². The predicted molar refractivity (Wildman–Crippen MR) is 118 cm³/mol.